The number of nitrogens with zero attached hydrogens (tertiary/aromatic N) is 1. The second kappa shape index (κ2) is 5.94. The van der Waals surface area contributed by atoms with E-state index in [1.54, 1.807) is 0 Å². The summed E-state index contributed by atoms with van der Waals surface area (Å²) in [5.74, 6) is 0.197. The molecule has 1 aromatic rings. The van der Waals surface area contributed by atoms with Gasteiger partial charge in [-0.1, -0.05) is 45.0 Å². The van der Waals surface area contributed by atoms with Crippen molar-refractivity contribution >= 4 is 5.91 Å². The van der Waals surface area contributed by atoms with E-state index >= 15 is 0 Å². The molecule has 1 aliphatic rings. The van der Waals surface area contributed by atoms with Gasteiger partial charge < -0.3 is 15.3 Å². The Labute approximate surface area is 120 Å². The standard InChI is InChI=1S/C16H24N2O2/c1-16(2,3)15(20)18-8-7-17-14(10-18)13-6-4-5-12(9-13)11-19/h4-6,9,14,17,19H,7-8,10-11H2,1-3H3. The molecule has 4 heteroatoms. The maximum Gasteiger partial charge on any atom is 0.228 e. The summed E-state index contributed by atoms with van der Waals surface area (Å²) < 4.78 is 0. The zero-order chi connectivity index (χ0) is 14.8. The first-order chi connectivity index (χ1) is 9.41. The molecule has 1 unspecified atom stereocenters. The molecule has 0 aromatic heterocycles. The zero-order valence-electron chi connectivity index (χ0n) is 12.5. The highest BCUT2D eigenvalue weighted by Gasteiger charge is 2.31. The summed E-state index contributed by atoms with van der Waals surface area (Å²) in [7, 11) is 0. The highest BCUT2D eigenvalue weighted by Crippen LogP contribution is 2.23. The molecule has 4 nitrogen and oxygen atoms in total. The maximum atomic E-state index is 12.4. The Balaban J connectivity index is 2.12. The third-order valence-electron chi connectivity index (χ3n) is 3.64. The second-order valence-electron chi connectivity index (χ2n) is 6.41. The number of hydrogen-bond acceptors (Lipinski definition) is 3. The predicted molar refractivity (Wildman–Crippen MR) is 79.1 cm³/mol. The zero-order valence-corrected chi connectivity index (χ0v) is 12.5. The molecule has 1 heterocycles. The molecule has 1 aliphatic heterocycles. The number of rotatable bonds is 2. The molecule has 2 rings (SSSR count). The summed E-state index contributed by atoms with van der Waals surface area (Å²) in [4.78, 5) is 14.3. The summed E-state index contributed by atoms with van der Waals surface area (Å²) >= 11 is 0. The Kier molecular flexibility index (Phi) is 4.45. The van der Waals surface area contributed by atoms with E-state index in [1.165, 1.54) is 0 Å². The van der Waals surface area contributed by atoms with Crippen molar-refractivity contribution in [3.05, 3.63) is 35.4 Å². The van der Waals surface area contributed by atoms with Crippen molar-refractivity contribution in [3.63, 3.8) is 0 Å². The number of benzene rings is 1. The van der Waals surface area contributed by atoms with Gasteiger partial charge in [-0.3, -0.25) is 4.79 Å². The van der Waals surface area contributed by atoms with Crippen molar-refractivity contribution in [1.29, 1.82) is 0 Å². The smallest absolute Gasteiger partial charge is 0.228 e. The fourth-order valence-electron chi connectivity index (χ4n) is 2.54. The van der Waals surface area contributed by atoms with Crippen LogP contribution in [0.4, 0.5) is 0 Å². The Morgan fingerprint density at radius 3 is 2.85 bits per heavy atom. The summed E-state index contributed by atoms with van der Waals surface area (Å²) in [6.07, 6.45) is 0. The number of aliphatic hydroxyl groups is 1. The topological polar surface area (TPSA) is 52.6 Å². The molecule has 1 saturated heterocycles. The molecule has 0 spiro atoms. The normalized spacial score (nSPS) is 20.0. The second-order valence-corrected chi connectivity index (χ2v) is 6.41. The molecule has 0 radical (unpaired) electrons. The van der Waals surface area contributed by atoms with Gasteiger partial charge in [0.05, 0.1) is 6.61 Å². The minimum Gasteiger partial charge on any atom is -0.392 e. The number of piperazine rings is 1. The lowest BCUT2D eigenvalue weighted by molar-refractivity contribution is -0.140. The quantitative estimate of drug-likeness (QED) is 0.864. The van der Waals surface area contributed by atoms with Gasteiger partial charge >= 0.3 is 0 Å². The minimum absolute atomic E-state index is 0.0468. The monoisotopic (exact) mass is 276 g/mol. The van der Waals surface area contributed by atoms with Gasteiger partial charge in [0.2, 0.25) is 5.91 Å². The molecular weight excluding hydrogens is 252 g/mol. The van der Waals surface area contributed by atoms with E-state index in [2.05, 4.69) is 5.32 Å². The van der Waals surface area contributed by atoms with Crippen LogP contribution in [0.25, 0.3) is 0 Å². The summed E-state index contributed by atoms with van der Waals surface area (Å²) in [6, 6.07) is 8.05. The van der Waals surface area contributed by atoms with Gasteiger partial charge in [0, 0.05) is 31.1 Å². The van der Waals surface area contributed by atoms with Crippen LogP contribution in [0.2, 0.25) is 0 Å². The van der Waals surface area contributed by atoms with Gasteiger partial charge in [-0.2, -0.15) is 0 Å². The van der Waals surface area contributed by atoms with Crippen molar-refractivity contribution in [3.8, 4) is 0 Å². The van der Waals surface area contributed by atoms with E-state index in [4.69, 9.17) is 0 Å². The number of nitrogens with one attached hydrogen (secondary N) is 1. The lowest BCUT2D eigenvalue weighted by atomic mass is 9.93. The van der Waals surface area contributed by atoms with Gasteiger partial charge in [-0.05, 0) is 11.1 Å². The fraction of sp³-hybridized carbons (Fsp3) is 0.562. The molecule has 0 aliphatic carbocycles. The average molecular weight is 276 g/mol. The number of amides is 1. The minimum atomic E-state index is -0.338. The van der Waals surface area contributed by atoms with Crippen molar-refractivity contribution in [2.45, 2.75) is 33.4 Å². The van der Waals surface area contributed by atoms with Crippen LogP contribution in [-0.2, 0) is 11.4 Å². The molecule has 1 aromatic carbocycles. The maximum absolute atomic E-state index is 12.4. The molecule has 1 atom stereocenters. The first-order valence-electron chi connectivity index (χ1n) is 7.14. The largest absolute Gasteiger partial charge is 0.392 e. The van der Waals surface area contributed by atoms with E-state index in [0.29, 0.717) is 6.54 Å². The Morgan fingerprint density at radius 2 is 2.20 bits per heavy atom. The number of hydrogen-bond donors (Lipinski definition) is 2. The van der Waals surface area contributed by atoms with Gasteiger partial charge in [-0.25, -0.2) is 0 Å². The molecular formula is C16H24N2O2. The number of carbonyl (C=O) groups excluding carboxylic acids is 1. The van der Waals surface area contributed by atoms with Crippen LogP contribution in [0.1, 0.15) is 37.9 Å². The van der Waals surface area contributed by atoms with Crippen molar-refractivity contribution < 1.29 is 9.90 Å². The highest BCUT2D eigenvalue weighted by atomic mass is 16.3. The van der Waals surface area contributed by atoms with Gasteiger partial charge in [0.25, 0.3) is 0 Å². The van der Waals surface area contributed by atoms with Gasteiger partial charge in [0.15, 0.2) is 0 Å². The van der Waals surface area contributed by atoms with Crippen LogP contribution >= 0.6 is 0 Å². The third kappa shape index (κ3) is 3.38. The number of aliphatic hydroxyl groups excluding tert-OH is 1. The highest BCUT2D eigenvalue weighted by molar-refractivity contribution is 5.81. The summed E-state index contributed by atoms with van der Waals surface area (Å²) in [6.45, 7) is 8.16. The van der Waals surface area contributed by atoms with Crippen LogP contribution in [0.5, 0.6) is 0 Å². The SMILES string of the molecule is CC(C)(C)C(=O)N1CCNC(c2cccc(CO)c2)C1. The molecule has 0 bridgehead atoms. The molecule has 110 valence electrons. The Morgan fingerprint density at radius 1 is 1.45 bits per heavy atom. The Bertz CT molecular complexity index is 480. The van der Waals surface area contributed by atoms with Crippen molar-refractivity contribution in [2.75, 3.05) is 19.6 Å². The summed E-state index contributed by atoms with van der Waals surface area (Å²) in [5.41, 5.74) is 1.70. The molecule has 20 heavy (non-hydrogen) atoms. The van der Waals surface area contributed by atoms with Crippen molar-refractivity contribution in [1.82, 2.24) is 10.2 Å². The van der Waals surface area contributed by atoms with E-state index in [0.717, 1.165) is 24.2 Å². The van der Waals surface area contributed by atoms with Gasteiger partial charge in [0.1, 0.15) is 0 Å². The molecule has 2 N–H and O–H groups in total. The van der Waals surface area contributed by atoms with E-state index in [9.17, 15) is 9.90 Å². The van der Waals surface area contributed by atoms with E-state index < -0.39 is 0 Å². The fourth-order valence-corrected chi connectivity index (χ4v) is 2.54. The van der Waals surface area contributed by atoms with Crippen LogP contribution in [-0.4, -0.2) is 35.5 Å². The first-order valence-corrected chi connectivity index (χ1v) is 7.14. The molecule has 1 amide bonds. The average Bonchev–Trinajstić information content (AvgIpc) is 2.45. The third-order valence-corrected chi connectivity index (χ3v) is 3.64. The van der Waals surface area contributed by atoms with E-state index in [1.807, 2.05) is 49.9 Å². The van der Waals surface area contributed by atoms with Crippen LogP contribution < -0.4 is 5.32 Å². The van der Waals surface area contributed by atoms with Crippen molar-refractivity contribution in [2.24, 2.45) is 5.41 Å². The van der Waals surface area contributed by atoms with E-state index in [-0.39, 0.29) is 24.0 Å². The Hall–Kier alpha value is -1.39. The lowest BCUT2D eigenvalue weighted by Gasteiger charge is -2.37. The van der Waals surface area contributed by atoms with Crippen LogP contribution in [0, 0.1) is 5.41 Å². The predicted octanol–water partition coefficient (Wildman–Crippen LogP) is 1.70. The molecule has 0 saturated carbocycles. The number of carbonyl (C=O) groups is 1. The first kappa shape index (κ1) is 15.0. The lowest BCUT2D eigenvalue weighted by Crippen LogP contribution is -2.51. The molecule has 1 fully saturated rings. The van der Waals surface area contributed by atoms with Crippen LogP contribution in [0.15, 0.2) is 24.3 Å². The summed E-state index contributed by atoms with van der Waals surface area (Å²) in [5, 5.41) is 12.7. The van der Waals surface area contributed by atoms with Gasteiger partial charge in [-0.15, -0.1) is 0 Å². The van der Waals surface area contributed by atoms with Crippen LogP contribution in [0.3, 0.4) is 0 Å².